The number of hydrogen-bond acceptors (Lipinski definition) is 4. The van der Waals surface area contributed by atoms with E-state index in [2.05, 4.69) is 78.9 Å². The summed E-state index contributed by atoms with van der Waals surface area (Å²) in [7, 11) is 0. The molecule has 4 heteroatoms. The second-order valence-electron chi connectivity index (χ2n) is 13.9. The van der Waals surface area contributed by atoms with Gasteiger partial charge in [-0.15, -0.1) is 0 Å². The zero-order valence-corrected chi connectivity index (χ0v) is 25.7. The van der Waals surface area contributed by atoms with Gasteiger partial charge in [-0.05, 0) is 107 Å². The molecule has 0 amide bonds. The first-order valence-electron chi connectivity index (χ1n) is 16.6. The van der Waals surface area contributed by atoms with Crippen LogP contribution in [0.1, 0.15) is 49.7 Å². The van der Waals surface area contributed by atoms with Crippen LogP contribution in [0.15, 0.2) is 115 Å². The Morgan fingerprint density at radius 2 is 1.13 bits per heavy atom. The molecule has 0 aliphatic heterocycles. The summed E-state index contributed by atoms with van der Waals surface area (Å²) in [6.45, 7) is 0. The minimum absolute atomic E-state index is 0.366. The van der Waals surface area contributed by atoms with Crippen LogP contribution in [0.3, 0.4) is 0 Å². The standard InChI is InChI=1S/C42H34N4/c43-26-27-12-17-38-33(21-27)9-5-11-37(38)34-8-4-10-35(22-34)41-45-39(31-6-2-1-3-7-31)44-40(46-41)32-13-15-36(16-14-32)42-23-28-18-29(24-42)20-30(19-28)25-42/h1-17,21-22,28-30H,18-20,23-25H2. The zero-order chi connectivity index (χ0) is 30.7. The van der Waals surface area contributed by atoms with Crippen molar-refractivity contribution >= 4 is 10.8 Å². The van der Waals surface area contributed by atoms with Gasteiger partial charge in [-0.3, -0.25) is 0 Å². The van der Waals surface area contributed by atoms with E-state index in [1.165, 1.54) is 44.1 Å². The summed E-state index contributed by atoms with van der Waals surface area (Å²) in [5, 5.41) is 11.6. The molecule has 4 bridgehead atoms. The molecule has 5 aromatic carbocycles. The van der Waals surface area contributed by atoms with Gasteiger partial charge >= 0.3 is 0 Å². The summed E-state index contributed by atoms with van der Waals surface area (Å²) in [4.78, 5) is 15.1. The highest BCUT2D eigenvalue weighted by atomic mass is 15.0. The molecule has 0 atom stereocenters. The van der Waals surface area contributed by atoms with Crippen molar-refractivity contribution in [3.05, 3.63) is 126 Å². The van der Waals surface area contributed by atoms with Crippen molar-refractivity contribution in [2.45, 2.75) is 43.9 Å². The van der Waals surface area contributed by atoms with Crippen LogP contribution in [0.5, 0.6) is 0 Å². The van der Waals surface area contributed by atoms with Crippen molar-refractivity contribution < 1.29 is 0 Å². The highest BCUT2D eigenvalue weighted by Crippen LogP contribution is 2.60. The molecule has 4 nitrogen and oxygen atoms in total. The van der Waals surface area contributed by atoms with Gasteiger partial charge in [0.2, 0.25) is 0 Å². The monoisotopic (exact) mass is 594 g/mol. The van der Waals surface area contributed by atoms with Crippen LogP contribution in [0, 0.1) is 29.1 Å². The Morgan fingerprint density at radius 1 is 0.543 bits per heavy atom. The van der Waals surface area contributed by atoms with E-state index in [-0.39, 0.29) is 0 Å². The van der Waals surface area contributed by atoms with Crippen LogP contribution < -0.4 is 0 Å². The highest BCUT2D eigenvalue weighted by molar-refractivity contribution is 5.97. The molecule has 4 fully saturated rings. The Bertz CT molecular complexity index is 2110. The largest absolute Gasteiger partial charge is 0.208 e. The van der Waals surface area contributed by atoms with Crippen molar-refractivity contribution in [2.75, 3.05) is 0 Å². The van der Waals surface area contributed by atoms with Gasteiger partial charge in [0, 0.05) is 16.7 Å². The first-order valence-corrected chi connectivity index (χ1v) is 16.6. The Morgan fingerprint density at radius 3 is 1.80 bits per heavy atom. The molecule has 4 aliphatic rings. The number of aromatic nitrogens is 3. The summed E-state index contributed by atoms with van der Waals surface area (Å²) >= 11 is 0. The van der Waals surface area contributed by atoms with Crippen molar-refractivity contribution in [2.24, 2.45) is 17.8 Å². The molecule has 46 heavy (non-hydrogen) atoms. The van der Waals surface area contributed by atoms with Crippen molar-refractivity contribution in [3.8, 4) is 51.4 Å². The molecule has 222 valence electrons. The fourth-order valence-corrected chi connectivity index (χ4v) is 9.22. The quantitative estimate of drug-likeness (QED) is 0.199. The lowest BCUT2D eigenvalue weighted by atomic mass is 9.48. The van der Waals surface area contributed by atoms with Crippen LogP contribution in [-0.2, 0) is 5.41 Å². The molecular formula is C42H34N4. The van der Waals surface area contributed by atoms with Gasteiger partial charge in [-0.25, -0.2) is 15.0 Å². The topological polar surface area (TPSA) is 62.5 Å². The Hall–Kier alpha value is -5.14. The summed E-state index contributed by atoms with van der Waals surface area (Å²) in [5.41, 5.74) is 7.66. The molecule has 0 saturated heterocycles. The fraction of sp³-hybridized carbons (Fsp3) is 0.238. The zero-order valence-electron chi connectivity index (χ0n) is 25.7. The summed E-state index contributed by atoms with van der Waals surface area (Å²) in [6, 6.07) is 42.2. The molecule has 1 heterocycles. The van der Waals surface area contributed by atoms with Gasteiger partial charge in [-0.2, -0.15) is 5.26 Å². The van der Waals surface area contributed by atoms with Crippen LogP contribution >= 0.6 is 0 Å². The first-order chi connectivity index (χ1) is 22.6. The van der Waals surface area contributed by atoms with Crippen molar-refractivity contribution in [3.63, 3.8) is 0 Å². The molecule has 0 spiro atoms. The van der Waals surface area contributed by atoms with Gasteiger partial charge < -0.3 is 0 Å². The maximum Gasteiger partial charge on any atom is 0.164 e. The van der Waals surface area contributed by atoms with E-state index in [9.17, 15) is 5.26 Å². The molecule has 4 aliphatic carbocycles. The first kappa shape index (κ1) is 27.2. The number of hydrogen-bond donors (Lipinski definition) is 0. The molecule has 6 aromatic rings. The maximum atomic E-state index is 9.41. The lowest BCUT2D eigenvalue weighted by molar-refractivity contribution is -0.00518. The van der Waals surface area contributed by atoms with Gasteiger partial charge in [0.05, 0.1) is 11.6 Å². The number of benzene rings is 5. The summed E-state index contributed by atoms with van der Waals surface area (Å²) in [5.74, 6) is 4.79. The molecule has 0 radical (unpaired) electrons. The molecule has 10 rings (SSSR count). The van der Waals surface area contributed by atoms with Gasteiger partial charge in [0.15, 0.2) is 17.5 Å². The predicted molar refractivity (Wildman–Crippen MR) is 184 cm³/mol. The fourth-order valence-electron chi connectivity index (χ4n) is 9.22. The molecular weight excluding hydrogens is 560 g/mol. The summed E-state index contributed by atoms with van der Waals surface area (Å²) in [6.07, 6.45) is 8.45. The van der Waals surface area contributed by atoms with Crippen molar-refractivity contribution in [1.29, 1.82) is 5.26 Å². The molecule has 4 saturated carbocycles. The van der Waals surface area contributed by atoms with Gasteiger partial charge in [0.1, 0.15) is 0 Å². The second kappa shape index (κ2) is 10.7. The molecule has 0 N–H and O–H groups in total. The van der Waals surface area contributed by atoms with Gasteiger partial charge in [-0.1, -0.05) is 97.1 Å². The predicted octanol–water partition coefficient (Wildman–Crippen LogP) is 10.0. The highest BCUT2D eigenvalue weighted by Gasteiger charge is 2.51. The number of fused-ring (bicyclic) bond motifs is 1. The lowest BCUT2D eigenvalue weighted by Crippen LogP contribution is -2.48. The van der Waals surface area contributed by atoms with Crippen LogP contribution in [0.4, 0.5) is 0 Å². The van der Waals surface area contributed by atoms with Crippen LogP contribution in [0.25, 0.3) is 56.1 Å². The van der Waals surface area contributed by atoms with E-state index in [0.717, 1.165) is 56.3 Å². The van der Waals surface area contributed by atoms with Crippen molar-refractivity contribution in [1.82, 2.24) is 15.0 Å². The van der Waals surface area contributed by atoms with E-state index in [4.69, 9.17) is 15.0 Å². The minimum Gasteiger partial charge on any atom is -0.208 e. The Kier molecular flexibility index (Phi) is 6.35. The average molecular weight is 595 g/mol. The maximum absolute atomic E-state index is 9.41. The van der Waals surface area contributed by atoms with E-state index >= 15 is 0 Å². The SMILES string of the molecule is N#Cc1ccc2c(-c3cccc(-c4nc(-c5ccccc5)nc(-c5ccc(C67CC8CC(CC(C8)C6)C7)cc5)n4)c3)cccc2c1. The van der Waals surface area contributed by atoms with E-state index in [0.29, 0.717) is 28.5 Å². The summed E-state index contributed by atoms with van der Waals surface area (Å²) < 4.78 is 0. The number of rotatable bonds is 5. The number of nitriles is 1. The normalized spacial score (nSPS) is 23.0. The lowest BCUT2D eigenvalue weighted by Gasteiger charge is -2.57. The Labute approximate surface area is 269 Å². The number of nitrogens with zero attached hydrogens (tertiary/aromatic N) is 4. The third-order valence-electron chi connectivity index (χ3n) is 10.9. The smallest absolute Gasteiger partial charge is 0.164 e. The van der Waals surface area contributed by atoms with E-state index in [1.807, 2.05) is 42.5 Å². The average Bonchev–Trinajstić information content (AvgIpc) is 3.11. The Balaban J connectivity index is 1.12. The van der Waals surface area contributed by atoms with E-state index in [1.54, 1.807) is 0 Å². The third-order valence-corrected chi connectivity index (χ3v) is 10.9. The second-order valence-corrected chi connectivity index (χ2v) is 13.9. The third kappa shape index (κ3) is 4.70. The van der Waals surface area contributed by atoms with Crippen LogP contribution in [-0.4, -0.2) is 15.0 Å². The van der Waals surface area contributed by atoms with E-state index < -0.39 is 0 Å². The van der Waals surface area contributed by atoms with Gasteiger partial charge in [0.25, 0.3) is 0 Å². The molecule has 0 unspecified atom stereocenters. The minimum atomic E-state index is 0.366. The molecule has 1 aromatic heterocycles. The van der Waals surface area contributed by atoms with Crippen LogP contribution in [0.2, 0.25) is 0 Å².